The Morgan fingerprint density at radius 1 is 0.906 bits per heavy atom. The number of benzene rings is 2. The Bertz CT molecular complexity index is 1110. The monoisotopic (exact) mass is 477 g/mol. The lowest BCUT2D eigenvalue weighted by molar-refractivity contribution is 0.477. The fourth-order valence-electron chi connectivity index (χ4n) is 2.93. The maximum absolute atomic E-state index is 10.3. The summed E-state index contributed by atoms with van der Waals surface area (Å²) >= 11 is 0. The van der Waals surface area contributed by atoms with Gasteiger partial charge in [0.05, 0.1) is 11.9 Å². The number of hydrogen-bond acceptors (Lipinski definition) is 5. The van der Waals surface area contributed by atoms with Crippen LogP contribution in [0.25, 0.3) is 16.9 Å². The molecule has 1 aromatic heterocycles. The highest BCUT2D eigenvalue weighted by Gasteiger charge is 2.13. The standard InChI is InChI=1S/C22H27N7O.2ClH/c1-13(2)25-21(23)15-6-5-7-17(10-15)29-12-19(27-28-29)18-11-16(8-9-20(18)30)22(24)26-14(3)4;;/h5-14,30H,1-4H3,(H2,23,25)(H2,24,26);2*1H. The maximum Gasteiger partial charge on any atom is 0.125 e. The van der Waals surface area contributed by atoms with Gasteiger partial charge in [-0.25, -0.2) is 4.68 Å². The lowest BCUT2D eigenvalue weighted by atomic mass is 10.1. The minimum Gasteiger partial charge on any atom is -0.507 e. The molecule has 0 radical (unpaired) electrons. The van der Waals surface area contributed by atoms with E-state index in [0.717, 1.165) is 11.3 Å². The first-order chi connectivity index (χ1) is 14.2. The topological polar surface area (TPSA) is 128 Å². The molecule has 10 heteroatoms. The van der Waals surface area contributed by atoms with Crippen molar-refractivity contribution in [2.45, 2.75) is 39.8 Å². The van der Waals surface area contributed by atoms with Crippen molar-refractivity contribution in [2.24, 2.45) is 21.5 Å². The molecule has 0 saturated carbocycles. The third-order valence-electron chi connectivity index (χ3n) is 4.26. The van der Waals surface area contributed by atoms with Crippen molar-refractivity contribution in [2.75, 3.05) is 0 Å². The Labute approximate surface area is 200 Å². The summed E-state index contributed by atoms with van der Waals surface area (Å²) in [5.41, 5.74) is 15.5. The summed E-state index contributed by atoms with van der Waals surface area (Å²) in [6.07, 6.45) is 1.74. The molecule has 172 valence electrons. The zero-order chi connectivity index (χ0) is 21.8. The highest BCUT2D eigenvalue weighted by Crippen LogP contribution is 2.29. The molecule has 0 fully saturated rings. The molecule has 0 aliphatic heterocycles. The number of nitrogens with two attached hydrogens (primary N) is 2. The van der Waals surface area contributed by atoms with Crippen LogP contribution in [-0.2, 0) is 0 Å². The van der Waals surface area contributed by atoms with Gasteiger partial charge in [0.2, 0.25) is 0 Å². The van der Waals surface area contributed by atoms with E-state index in [1.54, 1.807) is 29.1 Å². The van der Waals surface area contributed by atoms with Crippen LogP contribution in [0.3, 0.4) is 0 Å². The Morgan fingerprint density at radius 2 is 1.50 bits per heavy atom. The number of nitrogens with zero attached hydrogens (tertiary/aromatic N) is 5. The minimum absolute atomic E-state index is 0. The number of hydrogen-bond donors (Lipinski definition) is 3. The summed E-state index contributed by atoms with van der Waals surface area (Å²) in [7, 11) is 0. The zero-order valence-electron chi connectivity index (χ0n) is 18.4. The molecule has 0 aliphatic rings. The van der Waals surface area contributed by atoms with Crippen molar-refractivity contribution in [3.8, 4) is 22.7 Å². The molecule has 0 spiro atoms. The molecule has 0 amide bonds. The van der Waals surface area contributed by atoms with Gasteiger partial charge in [0.1, 0.15) is 23.1 Å². The van der Waals surface area contributed by atoms with Gasteiger partial charge < -0.3 is 16.6 Å². The average molecular weight is 478 g/mol. The molecule has 5 N–H and O–H groups in total. The first kappa shape index (κ1) is 26.9. The smallest absolute Gasteiger partial charge is 0.125 e. The van der Waals surface area contributed by atoms with Gasteiger partial charge in [-0.3, -0.25) is 9.98 Å². The van der Waals surface area contributed by atoms with Crippen molar-refractivity contribution in [1.29, 1.82) is 0 Å². The van der Waals surface area contributed by atoms with E-state index >= 15 is 0 Å². The first-order valence-corrected chi connectivity index (χ1v) is 9.78. The molecule has 3 rings (SSSR count). The van der Waals surface area contributed by atoms with Crippen molar-refractivity contribution in [3.63, 3.8) is 0 Å². The summed E-state index contributed by atoms with van der Waals surface area (Å²) in [4.78, 5) is 8.75. The lowest BCUT2D eigenvalue weighted by Crippen LogP contribution is -2.16. The van der Waals surface area contributed by atoms with Crippen LogP contribution >= 0.6 is 24.8 Å². The Kier molecular flexibility index (Phi) is 9.68. The third-order valence-corrected chi connectivity index (χ3v) is 4.26. The van der Waals surface area contributed by atoms with Crippen LogP contribution in [0.15, 0.2) is 58.6 Å². The SMILES string of the molecule is CC(C)N=C(N)c1cccc(-n2cc(-c3cc(C(N)=NC(C)C)ccc3O)nn2)c1.Cl.Cl. The second-order valence-corrected chi connectivity index (χ2v) is 7.55. The van der Waals surface area contributed by atoms with Gasteiger partial charge in [-0.15, -0.1) is 29.9 Å². The zero-order valence-corrected chi connectivity index (χ0v) is 20.1. The lowest BCUT2D eigenvalue weighted by Gasteiger charge is -2.07. The fraction of sp³-hybridized carbons (Fsp3) is 0.273. The van der Waals surface area contributed by atoms with Crippen molar-refractivity contribution >= 4 is 36.5 Å². The fourth-order valence-corrected chi connectivity index (χ4v) is 2.93. The van der Waals surface area contributed by atoms with Gasteiger partial charge in [-0.2, -0.15) is 0 Å². The summed E-state index contributed by atoms with van der Waals surface area (Å²) < 4.78 is 1.62. The number of aromatic hydroxyl groups is 1. The summed E-state index contributed by atoms with van der Waals surface area (Å²) in [5, 5.41) is 18.8. The number of amidine groups is 2. The summed E-state index contributed by atoms with van der Waals surface area (Å²) in [6, 6.07) is 12.8. The van der Waals surface area contributed by atoms with Crippen molar-refractivity contribution in [1.82, 2.24) is 15.0 Å². The van der Waals surface area contributed by atoms with E-state index in [1.807, 2.05) is 52.0 Å². The molecule has 3 aromatic rings. The number of aliphatic imine (C=N–C) groups is 2. The number of phenols is 1. The molecule has 0 saturated heterocycles. The van der Waals surface area contributed by atoms with Crippen LogP contribution in [0.4, 0.5) is 0 Å². The second-order valence-electron chi connectivity index (χ2n) is 7.55. The normalized spacial score (nSPS) is 11.9. The predicted octanol–water partition coefficient (Wildman–Crippen LogP) is 3.71. The minimum atomic E-state index is 0. The first-order valence-electron chi connectivity index (χ1n) is 9.78. The quantitative estimate of drug-likeness (QED) is 0.368. The number of phenolic OH excluding ortho intramolecular Hbond substituents is 1. The molecule has 2 aromatic carbocycles. The Balaban J connectivity index is 0.00000256. The van der Waals surface area contributed by atoms with E-state index in [4.69, 9.17) is 11.5 Å². The molecule has 32 heavy (non-hydrogen) atoms. The molecular weight excluding hydrogens is 449 g/mol. The van der Waals surface area contributed by atoms with Gasteiger partial charge in [-0.05, 0) is 58.0 Å². The van der Waals surface area contributed by atoms with Crippen molar-refractivity contribution < 1.29 is 5.11 Å². The van der Waals surface area contributed by atoms with Gasteiger partial charge in [0.25, 0.3) is 0 Å². The highest BCUT2D eigenvalue weighted by atomic mass is 35.5. The van der Waals surface area contributed by atoms with E-state index in [1.165, 1.54) is 0 Å². The van der Waals surface area contributed by atoms with Crippen LogP contribution in [-0.4, -0.2) is 43.9 Å². The second kappa shape index (κ2) is 11.5. The predicted molar refractivity (Wildman–Crippen MR) is 135 cm³/mol. The summed E-state index contributed by atoms with van der Waals surface area (Å²) in [6.45, 7) is 7.85. The van der Waals surface area contributed by atoms with Crippen molar-refractivity contribution in [3.05, 3.63) is 59.8 Å². The third kappa shape index (κ3) is 6.45. The van der Waals surface area contributed by atoms with Crippen LogP contribution in [0.1, 0.15) is 38.8 Å². The van der Waals surface area contributed by atoms with Crippen LogP contribution < -0.4 is 11.5 Å². The molecule has 0 unspecified atom stereocenters. The summed E-state index contributed by atoms with van der Waals surface area (Å²) in [5.74, 6) is 0.967. The van der Waals surface area contributed by atoms with E-state index in [-0.39, 0.29) is 42.6 Å². The van der Waals surface area contributed by atoms with E-state index < -0.39 is 0 Å². The van der Waals surface area contributed by atoms with Gasteiger partial charge in [-0.1, -0.05) is 17.3 Å². The maximum atomic E-state index is 10.3. The Morgan fingerprint density at radius 3 is 2.09 bits per heavy atom. The number of aromatic nitrogens is 3. The van der Waals surface area contributed by atoms with E-state index in [9.17, 15) is 5.11 Å². The van der Waals surface area contributed by atoms with Crippen LogP contribution in [0, 0.1) is 0 Å². The van der Waals surface area contributed by atoms with E-state index in [2.05, 4.69) is 20.3 Å². The molecule has 0 bridgehead atoms. The van der Waals surface area contributed by atoms with Gasteiger partial charge in [0.15, 0.2) is 0 Å². The molecule has 0 atom stereocenters. The molecule has 0 aliphatic carbocycles. The number of halogens is 2. The van der Waals surface area contributed by atoms with Crippen LogP contribution in [0.5, 0.6) is 5.75 Å². The largest absolute Gasteiger partial charge is 0.507 e. The van der Waals surface area contributed by atoms with Gasteiger partial charge >= 0.3 is 0 Å². The van der Waals surface area contributed by atoms with E-state index in [0.29, 0.717) is 28.5 Å². The molecule has 1 heterocycles. The van der Waals surface area contributed by atoms with Crippen LogP contribution in [0.2, 0.25) is 0 Å². The molecule has 8 nitrogen and oxygen atoms in total. The van der Waals surface area contributed by atoms with Gasteiger partial charge in [0, 0.05) is 28.8 Å². The number of rotatable bonds is 6. The molecular formula is C22H29Cl2N7O. The Hall–Kier alpha value is -3.10. The highest BCUT2D eigenvalue weighted by molar-refractivity contribution is 5.99. The average Bonchev–Trinajstić information content (AvgIpc) is 3.17.